The highest BCUT2D eigenvalue weighted by atomic mass is 35.5. The molecule has 0 radical (unpaired) electrons. The molecule has 2 aliphatic rings. The Balaban J connectivity index is 0.00000225. The molecule has 1 saturated carbocycles. The zero-order chi connectivity index (χ0) is 17.7. The summed E-state index contributed by atoms with van der Waals surface area (Å²) in [5, 5.41) is 8.61. The first-order valence-corrected chi connectivity index (χ1v) is 11.8. The number of sulfonamides is 2. The van der Waals surface area contributed by atoms with Gasteiger partial charge in [0.2, 0.25) is 10.0 Å². The van der Waals surface area contributed by atoms with Crippen LogP contribution in [0.15, 0.2) is 14.5 Å². The van der Waals surface area contributed by atoms with Gasteiger partial charge in [0.25, 0.3) is 10.0 Å². The van der Waals surface area contributed by atoms with Crippen molar-refractivity contribution in [2.24, 2.45) is 17.0 Å². The van der Waals surface area contributed by atoms with Crippen LogP contribution in [0.2, 0.25) is 0 Å². The lowest BCUT2D eigenvalue weighted by Gasteiger charge is -2.33. The molecule has 1 aliphatic heterocycles. The second-order valence-electron chi connectivity index (χ2n) is 6.97. The van der Waals surface area contributed by atoms with E-state index in [9.17, 15) is 16.8 Å². The first-order valence-electron chi connectivity index (χ1n) is 7.99. The van der Waals surface area contributed by atoms with Crippen molar-refractivity contribution in [2.75, 3.05) is 19.6 Å². The van der Waals surface area contributed by atoms with E-state index in [0.29, 0.717) is 24.6 Å². The number of nitrogens with two attached hydrogens (primary N) is 1. The largest absolute Gasteiger partial charge is 0.308 e. The topological polar surface area (TPSA) is 110 Å². The normalized spacial score (nSPS) is 23.3. The molecule has 3 N–H and O–H groups in total. The van der Waals surface area contributed by atoms with Crippen LogP contribution in [0.3, 0.4) is 0 Å². The molecule has 1 aromatic heterocycles. The molecule has 0 bridgehead atoms. The summed E-state index contributed by atoms with van der Waals surface area (Å²) in [5.74, 6) is 0.824. The van der Waals surface area contributed by atoms with Gasteiger partial charge in [0, 0.05) is 24.7 Å². The van der Waals surface area contributed by atoms with Gasteiger partial charge in [-0.2, -0.15) is 4.31 Å². The Labute approximate surface area is 159 Å². The average molecular weight is 430 g/mol. The fourth-order valence-corrected chi connectivity index (χ4v) is 7.28. The van der Waals surface area contributed by atoms with Crippen LogP contribution in [0.25, 0.3) is 0 Å². The number of nitrogens with one attached hydrogen (secondary N) is 1. The Kier molecular flexibility index (Phi) is 6.25. The zero-order valence-electron chi connectivity index (χ0n) is 14.1. The van der Waals surface area contributed by atoms with Gasteiger partial charge in [0.1, 0.15) is 8.42 Å². The summed E-state index contributed by atoms with van der Waals surface area (Å²) >= 11 is 0.751. The van der Waals surface area contributed by atoms with E-state index in [0.717, 1.165) is 17.9 Å². The van der Waals surface area contributed by atoms with Gasteiger partial charge >= 0.3 is 0 Å². The summed E-state index contributed by atoms with van der Waals surface area (Å²) in [5.41, 5.74) is 0.532. The molecule has 3 rings (SSSR count). The maximum atomic E-state index is 12.8. The lowest BCUT2D eigenvalue weighted by Crippen LogP contribution is -2.45. The quantitative estimate of drug-likeness (QED) is 0.712. The first kappa shape index (κ1) is 21.1. The SMILES string of the molecule is CC(C)CN1C[C@H](NCC2CC2)c2cc(S(N)(=O)=O)sc2S1(=O)=O.Cl. The molecule has 0 aromatic carbocycles. The van der Waals surface area contributed by atoms with Crippen molar-refractivity contribution in [2.45, 2.75) is 41.1 Å². The fraction of sp³-hybridized carbons (Fsp3) is 0.714. The highest BCUT2D eigenvalue weighted by Gasteiger charge is 2.40. The van der Waals surface area contributed by atoms with Crippen LogP contribution in [0.5, 0.6) is 0 Å². The minimum absolute atomic E-state index is 0. The molecule has 0 unspecified atom stereocenters. The first-order chi connectivity index (χ1) is 11.1. The van der Waals surface area contributed by atoms with E-state index in [4.69, 9.17) is 5.14 Å². The van der Waals surface area contributed by atoms with Gasteiger partial charge in [-0.15, -0.1) is 23.7 Å². The van der Waals surface area contributed by atoms with E-state index in [-0.39, 0.29) is 32.8 Å². The van der Waals surface area contributed by atoms with Crippen molar-refractivity contribution in [3.8, 4) is 0 Å². The second kappa shape index (κ2) is 7.41. The van der Waals surface area contributed by atoms with E-state index in [2.05, 4.69) is 5.32 Å². The van der Waals surface area contributed by atoms with Crippen molar-refractivity contribution >= 4 is 43.8 Å². The van der Waals surface area contributed by atoms with Gasteiger partial charge in [-0.25, -0.2) is 22.0 Å². The van der Waals surface area contributed by atoms with Gasteiger partial charge in [-0.3, -0.25) is 0 Å². The van der Waals surface area contributed by atoms with Gasteiger partial charge < -0.3 is 5.32 Å². The number of hydrogen-bond donors (Lipinski definition) is 2. The Morgan fingerprint density at radius 2 is 2.04 bits per heavy atom. The molecule has 1 atom stereocenters. The average Bonchev–Trinajstić information content (AvgIpc) is 3.14. The molecule has 144 valence electrons. The smallest absolute Gasteiger partial charge is 0.253 e. The predicted molar refractivity (Wildman–Crippen MR) is 100 cm³/mol. The standard InChI is InChI=1S/C14H23N3O4S3.ClH/c1-9(2)7-17-8-12(16-6-10-3-4-10)11-5-13(23(15,18)19)22-14(11)24(17,20)21;/h5,9-10,12,16H,3-4,6-8H2,1-2H3,(H2,15,18,19);1H/t12-;/m0./s1. The summed E-state index contributed by atoms with van der Waals surface area (Å²) in [6, 6.07) is 1.22. The third-order valence-corrected chi connectivity index (χ3v) is 9.17. The van der Waals surface area contributed by atoms with E-state index in [1.54, 1.807) is 0 Å². The van der Waals surface area contributed by atoms with Crippen LogP contribution in [-0.4, -0.2) is 40.8 Å². The van der Waals surface area contributed by atoms with Gasteiger partial charge in [0.05, 0.1) is 0 Å². The molecule has 1 aromatic rings. The maximum Gasteiger partial charge on any atom is 0.253 e. The predicted octanol–water partition coefficient (Wildman–Crippen LogP) is 1.52. The minimum atomic E-state index is -3.92. The van der Waals surface area contributed by atoms with E-state index < -0.39 is 20.0 Å². The third kappa shape index (κ3) is 4.55. The second-order valence-corrected chi connectivity index (χ2v) is 11.9. The number of nitrogens with zero attached hydrogens (tertiary/aromatic N) is 1. The number of rotatable bonds is 6. The lowest BCUT2D eigenvalue weighted by molar-refractivity contribution is 0.313. The Hall–Kier alpha value is -0.230. The van der Waals surface area contributed by atoms with Gasteiger partial charge in [0.15, 0.2) is 0 Å². The van der Waals surface area contributed by atoms with Gasteiger partial charge in [-0.1, -0.05) is 13.8 Å². The molecule has 2 heterocycles. The monoisotopic (exact) mass is 429 g/mol. The van der Waals surface area contributed by atoms with Crippen molar-refractivity contribution in [1.82, 2.24) is 9.62 Å². The van der Waals surface area contributed by atoms with Crippen LogP contribution in [-0.2, 0) is 20.0 Å². The van der Waals surface area contributed by atoms with Crippen LogP contribution in [0.1, 0.15) is 38.3 Å². The van der Waals surface area contributed by atoms with Crippen LogP contribution < -0.4 is 10.5 Å². The summed E-state index contributed by atoms with van der Waals surface area (Å²) in [4.78, 5) is 0. The molecular formula is C14H24ClN3O4S3. The Morgan fingerprint density at radius 1 is 1.40 bits per heavy atom. The molecule has 0 spiro atoms. The number of thiophene rings is 1. The number of fused-ring (bicyclic) bond motifs is 1. The molecule has 7 nitrogen and oxygen atoms in total. The van der Waals surface area contributed by atoms with Crippen LogP contribution in [0.4, 0.5) is 0 Å². The fourth-order valence-electron chi connectivity index (χ4n) is 2.85. The van der Waals surface area contributed by atoms with E-state index in [1.165, 1.54) is 23.2 Å². The maximum absolute atomic E-state index is 12.8. The molecule has 1 fully saturated rings. The molecule has 0 amide bonds. The molecule has 0 saturated heterocycles. The Morgan fingerprint density at radius 3 is 2.56 bits per heavy atom. The molecular weight excluding hydrogens is 406 g/mol. The molecule has 25 heavy (non-hydrogen) atoms. The molecule has 1 aliphatic carbocycles. The Bertz CT molecular complexity index is 832. The zero-order valence-corrected chi connectivity index (χ0v) is 17.4. The molecule has 11 heteroatoms. The summed E-state index contributed by atoms with van der Waals surface area (Å²) < 4.78 is 50.5. The van der Waals surface area contributed by atoms with Crippen LogP contribution >= 0.6 is 23.7 Å². The van der Waals surface area contributed by atoms with Crippen LogP contribution in [0, 0.1) is 11.8 Å². The summed E-state index contributed by atoms with van der Waals surface area (Å²) in [7, 11) is -7.60. The third-order valence-electron chi connectivity index (χ3n) is 4.24. The van der Waals surface area contributed by atoms with Crippen molar-refractivity contribution < 1.29 is 16.8 Å². The van der Waals surface area contributed by atoms with E-state index in [1.807, 2.05) is 13.8 Å². The van der Waals surface area contributed by atoms with Crippen molar-refractivity contribution in [1.29, 1.82) is 0 Å². The number of primary sulfonamides is 1. The highest BCUT2D eigenvalue weighted by Crippen LogP contribution is 2.40. The number of hydrogen-bond acceptors (Lipinski definition) is 6. The van der Waals surface area contributed by atoms with Crippen molar-refractivity contribution in [3.05, 3.63) is 11.6 Å². The summed E-state index contributed by atoms with van der Waals surface area (Å²) in [6.07, 6.45) is 2.37. The highest BCUT2D eigenvalue weighted by molar-refractivity contribution is 7.94. The minimum Gasteiger partial charge on any atom is -0.308 e. The van der Waals surface area contributed by atoms with Gasteiger partial charge in [-0.05, 0) is 37.3 Å². The van der Waals surface area contributed by atoms with Crippen molar-refractivity contribution in [3.63, 3.8) is 0 Å². The summed E-state index contributed by atoms with van der Waals surface area (Å²) in [6.45, 7) is 5.47. The van der Waals surface area contributed by atoms with E-state index >= 15 is 0 Å². The number of halogens is 1. The lowest BCUT2D eigenvalue weighted by atomic mass is 10.1.